The van der Waals surface area contributed by atoms with E-state index in [-0.39, 0.29) is 24.3 Å². The Balaban J connectivity index is 1.48. The third kappa shape index (κ3) is 5.93. The summed E-state index contributed by atoms with van der Waals surface area (Å²) < 4.78 is 19.3. The van der Waals surface area contributed by atoms with Crippen molar-refractivity contribution in [2.45, 2.75) is 57.1 Å². The van der Waals surface area contributed by atoms with Crippen LogP contribution < -0.4 is 19.5 Å². The normalized spacial score (nSPS) is 14.7. The molecule has 4 aromatic rings. The number of nitrogens with one attached hydrogen (secondary N) is 1. The molecule has 2 aromatic carbocycles. The molecule has 2 aromatic heterocycles. The van der Waals surface area contributed by atoms with Gasteiger partial charge in [-0.2, -0.15) is 0 Å². The number of nitrogens with zero attached hydrogens (tertiary/aromatic N) is 2. The lowest BCUT2D eigenvalue weighted by molar-refractivity contribution is -0.122. The zero-order valence-electron chi connectivity index (χ0n) is 22.1. The maximum absolute atomic E-state index is 13.3. The van der Waals surface area contributed by atoms with Crippen molar-refractivity contribution in [2.75, 3.05) is 14.2 Å². The molecule has 198 valence electrons. The minimum Gasteiger partial charge on any atom is -0.497 e. The Morgan fingerprint density at radius 1 is 1.00 bits per heavy atom. The minimum absolute atomic E-state index is 0.0371. The first-order valence-corrected chi connectivity index (χ1v) is 13.3. The van der Waals surface area contributed by atoms with Crippen molar-refractivity contribution in [3.8, 4) is 17.2 Å². The first-order chi connectivity index (χ1) is 18.6. The number of hydrogen-bond donors (Lipinski definition) is 1. The molecule has 38 heavy (non-hydrogen) atoms. The zero-order chi connectivity index (χ0) is 26.3. The molecule has 5 rings (SSSR count). The Morgan fingerprint density at radius 2 is 1.74 bits per heavy atom. The molecule has 1 atom stereocenters. The number of pyridine rings is 1. The first kappa shape index (κ1) is 25.6. The van der Waals surface area contributed by atoms with Gasteiger partial charge in [-0.25, -0.2) is 4.98 Å². The second kappa shape index (κ2) is 12.0. The van der Waals surface area contributed by atoms with Crippen LogP contribution in [0.2, 0.25) is 0 Å². The van der Waals surface area contributed by atoms with E-state index in [1.807, 2.05) is 77.5 Å². The molecule has 0 radical (unpaired) electrons. The number of hydrogen-bond acceptors (Lipinski definition) is 5. The summed E-state index contributed by atoms with van der Waals surface area (Å²) in [4.78, 5) is 18.1. The highest BCUT2D eigenvalue weighted by atomic mass is 16.5. The van der Waals surface area contributed by atoms with Crippen LogP contribution in [0.4, 0.5) is 0 Å². The fourth-order valence-corrected chi connectivity index (χ4v) is 5.25. The summed E-state index contributed by atoms with van der Waals surface area (Å²) in [5.74, 6) is 1.82. The van der Waals surface area contributed by atoms with E-state index in [0.717, 1.165) is 29.7 Å². The molecule has 1 fully saturated rings. The molecule has 0 bridgehead atoms. The first-order valence-electron chi connectivity index (χ1n) is 13.3. The van der Waals surface area contributed by atoms with Gasteiger partial charge in [0.15, 0.2) is 11.4 Å². The van der Waals surface area contributed by atoms with E-state index in [9.17, 15) is 4.79 Å². The number of rotatable bonds is 10. The number of amides is 1. The zero-order valence-corrected chi connectivity index (χ0v) is 22.1. The lowest BCUT2D eigenvalue weighted by Crippen LogP contribution is -2.37. The topological polar surface area (TPSA) is 74.1 Å². The van der Waals surface area contributed by atoms with Crippen molar-refractivity contribution in [1.82, 2.24) is 14.7 Å². The summed E-state index contributed by atoms with van der Waals surface area (Å²) in [5.41, 5.74) is 3.63. The Bertz CT molecular complexity index is 1340. The summed E-state index contributed by atoms with van der Waals surface area (Å²) in [6.07, 6.45) is 9.76. The van der Waals surface area contributed by atoms with Crippen molar-refractivity contribution >= 4 is 11.6 Å². The molecule has 1 aliphatic carbocycles. The van der Waals surface area contributed by atoms with Crippen LogP contribution in [-0.2, 0) is 11.4 Å². The van der Waals surface area contributed by atoms with Crippen LogP contribution in [0.1, 0.15) is 61.3 Å². The number of benzene rings is 2. The number of methoxy groups -OCH3 is 2. The van der Waals surface area contributed by atoms with Crippen molar-refractivity contribution in [1.29, 1.82) is 0 Å². The highest BCUT2D eigenvalue weighted by molar-refractivity contribution is 5.78. The van der Waals surface area contributed by atoms with Gasteiger partial charge in [0.2, 0.25) is 5.91 Å². The number of ether oxygens (including phenoxy) is 3. The highest BCUT2D eigenvalue weighted by Gasteiger charge is 2.26. The molecule has 7 nitrogen and oxygen atoms in total. The van der Waals surface area contributed by atoms with Crippen molar-refractivity contribution in [2.24, 2.45) is 0 Å². The van der Waals surface area contributed by atoms with Gasteiger partial charge >= 0.3 is 0 Å². The van der Waals surface area contributed by atoms with E-state index in [4.69, 9.17) is 19.2 Å². The molecule has 7 heteroatoms. The van der Waals surface area contributed by atoms with Gasteiger partial charge in [-0.3, -0.25) is 4.79 Å². The van der Waals surface area contributed by atoms with E-state index in [1.165, 1.54) is 19.3 Å². The van der Waals surface area contributed by atoms with Gasteiger partial charge in [0.25, 0.3) is 0 Å². The molecule has 1 saturated carbocycles. The third-order valence-electron chi connectivity index (χ3n) is 7.26. The summed E-state index contributed by atoms with van der Waals surface area (Å²) in [5, 5.41) is 3.28. The van der Waals surface area contributed by atoms with Gasteiger partial charge in [0, 0.05) is 36.8 Å². The largest absolute Gasteiger partial charge is 0.497 e. The van der Waals surface area contributed by atoms with Crippen LogP contribution in [0, 0.1) is 0 Å². The lowest BCUT2D eigenvalue weighted by Gasteiger charge is -2.24. The van der Waals surface area contributed by atoms with Crippen LogP contribution in [0.3, 0.4) is 0 Å². The Hall–Kier alpha value is -4.00. The molecular weight excluding hydrogens is 478 g/mol. The van der Waals surface area contributed by atoms with Gasteiger partial charge in [0.05, 0.1) is 19.9 Å². The Morgan fingerprint density at radius 3 is 2.45 bits per heavy atom. The van der Waals surface area contributed by atoms with Crippen molar-refractivity contribution in [3.05, 3.63) is 89.9 Å². The second-order valence-electron chi connectivity index (χ2n) is 9.83. The number of carbonyl (C=O) groups excluding carboxylic acids is 1. The number of aromatic nitrogens is 2. The summed E-state index contributed by atoms with van der Waals surface area (Å²) in [6, 6.07) is 20.0. The molecular formula is C31H35N3O4. The van der Waals surface area contributed by atoms with Gasteiger partial charge in [-0.15, -0.1) is 0 Å². The smallest absolute Gasteiger partial charge is 0.221 e. The molecule has 1 aliphatic rings. The van der Waals surface area contributed by atoms with Gasteiger partial charge in [-0.1, -0.05) is 49.6 Å². The van der Waals surface area contributed by atoms with E-state index in [1.54, 1.807) is 14.2 Å². The van der Waals surface area contributed by atoms with E-state index in [2.05, 4.69) is 5.32 Å². The molecule has 0 spiro atoms. The molecule has 1 amide bonds. The third-order valence-corrected chi connectivity index (χ3v) is 7.26. The number of carbonyl (C=O) groups is 1. The SMILES string of the molecule is COc1cc(OC)cc(C(CC(=O)NC2CCCCC2)c2cnc3c(OCc4ccccc4)cccn23)c1. The van der Waals surface area contributed by atoms with Crippen LogP contribution in [0.5, 0.6) is 17.2 Å². The maximum atomic E-state index is 13.3. The van der Waals surface area contributed by atoms with E-state index >= 15 is 0 Å². The van der Waals surface area contributed by atoms with Crippen LogP contribution in [0.15, 0.2) is 73.1 Å². The predicted molar refractivity (Wildman–Crippen MR) is 147 cm³/mol. The van der Waals surface area contributed by atoms with E-state index < -0.39 is 0 Å². The van der Waals surface area contributed by atoms with Crippen LogP contribution in [0.25, 0.3) is 5.65 Å². The standard InChI is InChI=1S/C31H35N3O4/c1-36-25-16-23(17-26(18-25)37-2)27(19-30(35)33-24-12-7-4-8-13-24)28-20-32-31-29(14-9-15-34(28)31)38-21-22-10-5-3-6-11-22/h3,5-6,9-11,14-18,20,24,27H,4,7-8,12-13,19,21H2,1-2H3,(H,33,35). The second-order valence-corrected chi connectivity index (χ2v) is 9.83. The number of imidazole rings is 1. The average Bonchev–Trinajstić information content (AvgIpc) is 3.40. The lowest BCUT2D eigenvalue weighted by atomic mass is 9.91. The van der Waals surface area contributed by atoms with Gasteiger partial charge in [0.1, 0.15) is 18.1 Å². The summed E-state index contributed by atoms with van der Waals surface area (Å²) in [7, 11) is 3.27. The monoisotopic (exact) mass is 513 g/mol. The molecule has 1 N–H and O–H groups in total. The summed E-state index contributed by atoms with van der Waals surface area (Å²) >= 11 is 0. The fraction of sp³-hybridized carbons (Fsp3) is 0.355. The van der Waals surface area contributed by atoms with Gasteiger partial charge < -0.3 is 23.9 Å². The molecule has 1 unspecified atom stereocenters. The predicted octanol–water partition coefficient (Wildman–Crippen LogP) is 5.90. The molecule has 0 saturated heterocycles. The van der Waals surface area contributed by atoms with Crippen molar-refractivity contribution < 1.29 is 19.0 Å². The van der Waals surface area contributed by atoms with Crippen LogP contribution >= 0.6 is 0 Å². The quantitative estimate of drug-likeness (QED) is 0.286. The minimum atomic E-state index is -0.262. The van der Waals surface area contributed by atoms with Gasteiger partial charge in [-0.05, 0) is 48.2 Å². The van der Waals surface area contributed by atoms with Crippen LogP contribution in [-0.4, -0.2) is 35.6 Å². The average molecular weight is 514 g/mol. The Kier molecular flexibility index (Phi) is 8.12. The maximum Gasteiger partial charge on any atom is 0.221 e. The fourth-order valence-electron chi connectivity index (χ4n) is 5.25. The highest BCUT2D eigenvalue weighted by Crippen LogP contribution is 2.35. The molecule has 2 heterocycles. The molecule has 0 aliphatic heterocycles. The van der Waals surface area contributed by atoms with E-state index in [0.29, 0.717) is 29.5 Å². The summed E-state index contributed by atoms with van der Waals surface area (Å²) in [6.45, 7) is 0.447. The van der Waals surface area contributed by atoms with Crippen molar-refractivity contribution in [3.63, 3.8) is 0 Å². The Labute approximate surface area is 223 Å². The number of fused-ring (bicyclic) bond motifs is 1.